The van der Waals surface area contributed by atoms with Gasteiger partial charge in [0.15, 0.2) is 6.61 Å². The lowest BCUT2D eigenvalue weighted by Crippen LogP contribution is -2.48. The second-order valence-corrected chi connectivity index (χ2v) is 7.14. The van der Waals surface area contributed by atoms with Crippen LogP contribution in [0, 0.1) is 5.92 Å². The molecule has 2 fully saturated rings. The Morgan fingerprint density at radius 1 is 1.17 bits per heavy atom. The van der Waals surface area contributed by atoms with Gasteiger partial charge < -0.3 is 15.0 Å². The highest BCUT2D eigenvalue weighted by atomic mass is 35.5. The molecule has 0 radical (unpaired) electrons. The number of benzene rings is 1. The van der Waals surface area contributed by atoms with Crippen molar-refractivity contribution in [2.45, 2.75) is 31.7 Å². The van der Waals surface area contributed by atoms with Gasteiger partial charge in [-0.3, -0.25) is 9.59 Å². The van der Waals surface area contributed by atoms with Gasteiger partial charge in [0, 0.05) is 30.1 Å². The van der Waals surface area contributed by atoms with E-state index in [4.69, 9.17) is 27.9 Å². The van der Waals surface area contributed by atoms with E-state index in [9.17, 15) is 9.59 Å². The number of rotatable bonds is 5. The molecule has 0 aromatic heterocycles. The topological polar surface area (TPSA) is 58.6 Å². The van der Waals surface area contributed by atoms with E-state index in [2.05, 4.69) is 5.32 Å². The smallest absolute Gasteiger partial charge is 0.260 e. The summed E-state index contributed by atoms with van der Waals surface area (Å²) in [6.07, 6.45) is 3.58. The fraction of sp³-hybridized carbons (Fsp3) is 0.529. The molecule has 2 amide bonds. The van der Waals surface area contributed by atoms with Crippen molar-refractivity contribution in [1.29, 1.82) is 0 Å². The predicted octanol–water partition coefficient (Wildman–Crippen LogP) is 2.89. The first-order chi connectivity index (χ1) is 11.5. The zero-order chi connectivity index (χ0) is 17.1. The minimum absolute atomic E-state index is 0.0551. The first kappa shape index (κ1) is 17.4. The summed E-state index contributed by atoms with van der Waals surface area (Å²) in [4.78, 5) is 25.8. The van der Waals surface area contributed by atoms with Gasteiger partial charge in [0.05, 0.1) is 5.02 Å². The van der Waals surface area contributed by atoms with E-state index in [1.165, 1.54) is 0 Å². The van der Waals surface area contributed by atoms with Crippen LogP contribution >= 0.6 is 23.2 Å². The second kappa shape index (κ2) is 7.62. The standard InChI is InChI=1S/C17H20Cl2N2O3/c18-12-3-4-15(14(19)9-12)24-10-16(22)21-7-5-13(6-8-21)20-17(23)11-1-2-11/h3-4,9,11,13H,1-2,5-8,10H2,(H,20,23). The van der Waals surface area contributed by atoms with Crippen LogP contribution in [-0.2, 0) is 9.59 Å². The molecule has 3 rings (SSSR count). The number of hydrogen-bond donors (Lipinski definition) is 1. The number of ether oxygens (including phenoxy) is 1. The number of nitrogens with one attached hydrogen (secondary N) is 1. The maximum Gasteiger partial charge on any atom is 0.260 e. The lowest BCUT2D eigenvalue weighted by molar-refractivity contribution is -0.134. The molecule has 1 aromatic rings. The number of carbonyl (C=O) groups excluding carboxylic acids is 2. The third-order valence-electron chi connectivity index (χ3n) is 4.39. The van der Waals surface area contributed by atoms with Crippen LogP contribution in [0.3, 0.4) is 0 Å². The van der Waals surface area contributed by atoms with Crippen molar-refractivity contribution in [2.75, 3.05) is 19.7 Å². The minimum Gasteiger partial charge on any atom is -0.482 e. The fourth-order valence-corrected chi connectivity index (χ4v) is 3.22. The van der Waals surface area contributed by atoms with Gasteiger partial charge in [0.1, 0.15) is 5.75 Å². The van der Waals surface area contributed by atoms with E-state index in [1.807, 2.05) is 0 Å². The van der Waals surface area contributed by atoms with Gasteiger partial charge >= 0.3 is 0 Å². The first-order valence-corrected chi connectivity index (χ1v) is 8.94. The number of likely N-dealkylation sites (tertiary alicyclic amines) is 1. The summed E-state index contributed by atoms with van der Waals surface area (Å²) in [5.41, 5.74) is 0. The molecule has 1 saturated heterocycles. The predicted molar refractivity (Wildman–Crippen MR) is 92.4 cm³/mol. The van der Waals surface area contributed by atoms with Crippen LogP contribution in [0.15, 0.2) is 18.2 Å². The molecular weight excluding hydrogens is 351 g/mol. The molecule has 1 saturated carbocycles. The average Bonchev–Trinajstić information content (AvgIpc) is 3.39. The molecule has 0 bridgehead atoms. The summed E-state index contributed by atoms with van der Waals surface area (Å²) in [6.45, 7) is 1.21. The highest BCUT2D eigenvalue weighted by molar-refractivity contribution is 6.35. The highest BCUT2D eigenvalue weighted by Gasteiger charge is 2.32. The van der Waals surface area contributed by atoms with Gasteiger partial charge in [0.25, 0.3) is 5.91 Å². The van der Waals surface area contributed by atoms with E-state index in [-0.39, 0.29) is 30.4 Å². The average molecular weight is 371 g/mol. The van der Waals surface area contributed by atoms with Crippen molar-refractivity contribution in [3.63, 3.8) is 0 Å². The Kier molecular flexibility index (Phi) is 5.51. The van der Waals surface area contributed by atoms with E-state index in [0.29, 0.717) is 28.9 Å². The number of hydrogen-bond acceptors (Lipinski definition) is 3. The number of amides is 2. The molecule has 5 nitrogen and oxygen atoms in total. The van der Waals surface area contributed by atoms with Gasteiger partial charge in [-0.15, -0.1) is 0 Å². The molecule has 1 aromatic carbocycles. The van der Waals surface area contributed by atoms with Crippen LogP contribution in [0.4, 0.5) is 0 Å². The monoisotopic (exact) mass is 370 g/mol. The lowest BCUT2D eigenvalue weighted by atomic mass is 10.0. The molecule has 1 aliphatic carbocycles. The largest absolute Gasteiger partial charge is 0.482 e. The van der Waals surface area contributed by atoms with Crippen molar-refractivity contribution in [3.8, 4) is 5.75 Å². The summed E-state index contributed by atoms with van der Waals surface area (Å²) in [5.74, 6) is 0.761. The van der Waals surface area contributed by atoms with Crippen molar-refractivity contribution < 1.29 is 14.3 Å². The summed E-state index contributed by atoms with van der Waals surface area (Å²) in [5, 5.41) is 3.98. The number of piperidine rings is 1. The van der Waals surface area contributed by atoms with Gasteiger partial charge in [0.2, 0.25) is 5.91 Å². The molecule has 7 heteroatoms. The van der Waals surface area contributed by atoms with Gasteiger partial charge in [-0.2, -0.15) is 0 Å². The molecule has 0 spiro atoms. The summed E-state index contributed by atoms with van der Waals surface area (Å²) >= 11 is 11.9. The summed E-state index contributed by atoms with van der Waals surface area (Å²) in [7, 11) is 0. The molecule has 1 N–H and O–H groups in total. The zero-order valence-electron chi connectivity index (χ0n) is 13.3. The van der Waals surface area contributed by atoms with Crippen molar-refractivity contribution >= 4 is 35.0 Å². The maximum atomic E-state index is 12.2. The Balaban J connectivity index is 1.42. The van der Waals surface area contributed by atoms with Crippen LogP contribution in [-0.4, -0.2) is 42.5 Å². The Morgan fingerprint density at radius 2 is 1.88 bits per heavy atom. The van der Waals surface area contributed by atoms with E-state index in [1.54, 1.807) is 23.1 Å². The Hall–Kier alpha value is -1.46. The quantitative estimate of drug-likeness (QED) is 0.866. The van der Waals surface area contributed by atoms with Crippen LogP contribution in [0.25, 0.3) is 0 Å². The molecule has 2 aliphatic rings. The van der Waals surface area contributed by atoms with Crippen molar-refractivity contribution in [3.05, 3.63) is 28.2 Å². The Bertz CT molecular complexity index is 626. The molecular formula is C17H20Cl2N2O3. The maximum absolute atomic E-state index is 12.2. The Morgan fingerprint density at radius 3 is 2.50 bits per heavy atom. The van der Waals surface area contributed by atoms with Crippen LogP contribution in [0.2, 0.25) is 10.0 Å². The van der Waals surface area contributed by atoms with Crippen LogP contribution < -0.4 is 10.1 Å². The summed E-state index contributed by atoms with van der Waals surface area (Å²) in [6, 6.07) is 5.07. The van der Waals surface area contributed by atoms with E-state index in [0.717, 1.165) is 25.7 Å². The molecule has 1 heterocycles. The number of nitrogens with zero attached hydrogens (tertiary/aromatic N) is 1. The Labute approximate surface area is 151 Å². The van der Waals surface area contributed by atoms with Crippen molar-refractivity contribution in [2.24, 2.45) is 5.92 Å². The minimum atomic E-state index is -0.0759. The van der Waals surface area contributed by atoms with E-state index >= 15 is 0 Å². The molecule has 0 atom stereocenters. The van der Waals surface area contributed by atoms with E-state index < -0.39 is 0 Å². The molecule has 24 heavy (non-hydrogen) atoms. The van der Waals surface area contributed by atoms with Crippen LogP contribution in [0.1, 0.15) is 25.7 Å². The normalized spacial score (nSPS) is 18.3. The van der Waals surface area contributed by atoms with Gasteiger partial charge in [-0.25, -0.2) is 0 Å². The third-order valence-corrected chi connectivity index (χ3v) is 4.92. The first-order valence-electron chi connectivity index (χ1n) is 8.19. The molecule has 0 unspecified atom stereocenters. The van der Waals surface area contributed by atoms with Gasteiger partial charge in [-0.1, -0.05) is 23.2 Å². The fourth-order valence-electron chi connectivity index (χ4n) is 2.76. The third kappa shape index (κ3) is 4.54. The highest BCUT2D eigenvalue weighted by Crippen LogP contribution is 2.29. The van der Waals surface area contributed by atoms with Crippen molar-refractivity contribution in [1.82, 2.24) is 10.2 Å². The van der Waals surface area contributed by atoms with Crippen LogP contribution in [0.5, 0.6) is 5.75 Å². The lowest BCUT2D eigenvalue weighted by Gasteiger charge is -2.32. The molecule has 130 valence electrons. The molecule has 1 aliphatic heterocycles. The zero-order valence-corrected chi connectivity index (χ0v) is 14.8. The second-order valence-electron chi connectivity index (χ2n) is 6.30. The van der Waals surface area contributed by atoms with Gasteiger partial charge in [-0.05, 0) is 43.9 Å². The summed E-state index contributed by atoms with van der Waals surface area (Å²) < 4.78 is 5.49. The SMILES string of the molecule is O=C(NC1CCN(C(=O)COc2ccc(Cl)cc2Cl)CC1)C1CC1. The number of carbonyl (C=O) groups is 2. The number of halogens is 2.